The van der Waals surface area contributed by atoms with E-state index in [1.807, 2.05) is 54.6 Å². The number of hydrogen-bond acceptors (Lipinski definition) is 5. The fourth-order valence-electron chi connectivity index (χ4n) is 4.00. The zero-order valence-corrected chi connectivity index (χ0v) is 19.6. The molecule has 0 unspecified atom stereocenters. The van der Waals surface area contributed by atoms with Crippen LogP contribution in [0.3, 0.4) is 0 Å². The third-order valence-electron chi connectivity index (χ3n) is 5.57. The fraction of sp³-hybridized carbons (Fsp3) is 0.296. The summed E-state index contributed by atoms with van der Waals surface area (Å²) in [5, 5.41) is 15.4. The van der Waals surface area contributed by atoms with Gasteiger partial charge in [0, 0.05) is 36.6 Å². The number of ether oxygens (including phenoxy) is 1. The predicted molar refractivity (Wildman–Crippen MR) is 131 cm³/mol. The molecule has 5 nitrogen and oxygen atoms in total. The van der Waals surface area contributed by atoms with E-state index in [1.54, 1.807) is 18.2 Å². The minimum absolute atomic E-state index is 0.212. The van der Waals surface area contributed by atoms with Crippen molar-refractivity contribution in [1.29, 1.82) is 0 Å². The molecule has 1 heterocycles. The summed E-state index contributed by atoms with van der Waals surface area (Å²) in [5.74, 6) is -0.313. The zero-order valence-electron chi connectivity index (χ0n) is 18.8. The van der Waals surface area contributed by atoms with Crippen molar-refractivity contribution >= 4 is 17.3 Å². The third-order valence-corrected chi connectivity index (χ3v) is 5.80. The molecule has 1 aliphatic rings. The molecule has 0 bridgehead atoms. The first-order chi connectivity index (χ1) is 16.6. The highest BCUT2D eigenvalue weighted by atomic mass is 35.5. The molecule has 2 atom stereocenters. The van der Waals surface area contributed by atoms with E-state index < -0.39 is 6.10 Å². The molecule has 4 rings (SSSR count). The van der Waals surface area contributed by atoms with Gasteiger partial charge in [-0.15, -0.1) is 0 Å². The first kappa shape index (κ1) is 24.4. The summed E-state index contributed by atoms with van der Waals surface area (Å²) in [4.78, 5) is 7.72. The second kappa shape index (κ2) is 12.1. The number of aliphatic hydroxyl groups is 1. The Bertz CT molecular complexity index is 1100. The molecule has 0 radical (unpaired) electrons. The smallest absolute Gasteiger partial charge is 0.145 e. The molecule has 0 fully saturated rings. The number of rotatable bonds is 11. The van der Waals surface area contributed by atoms with Crippen LogP contribution in [0.15, 0.2) is 84.0 Å². The lowest BCUT2D eigenvalue weighted by molar-refractivity contribution is -0.00648. The van der Waals surface area contributed by atoms with Crippen molar-refractivity contribution in [3.63, 3.8) is 0 Å². The highest BCUT2D eigenvalue weighted by molar-refractivity contribution is 6.30. The van der Waals surface area contributed by atoms with Gasteiger partial charge in [0.25, 0.3) is 0 Å². The molecule has 0 spiro atoms. The SMILES string of the molecule is O[C@@H](COCc1ccccc1)CN(Cc1cccc(Cl)c1)C[C@H]1CC(c2ccccc2F)=NO1. The first-order valence-electron chi connectivity index (χ1n) is 11.3. The lowest BCUT2D eigenvalue weighted by Gasteiger charge is -2.27. The summed E-state index contributed by atoms with van der Waals surface area (Å²) >= 11 is 6.17. The average Bonchev–Trinajstić information content (AvgIpc) is 3.28. The molecule has 0 saturated carbocycles. The van der Waals surface area contributed by atoms with E-state index in [2.05, 4.69) is 10.1 Å². The summed E-state index contributed by atoms with van der Waals surface area (Å²) < 4.78 is 19.9. The van der Waals surface area contributed by atoms with Gasteiger partial charge in [-0.2, -0.15) is 0 Å². The quantitative estimate of drug-likeness (QED) is 0.415. The van der Waals surface area contributed by atoms with E-state index in [1.165, 1.54) is 6.07 Å². The van der Waals surface area contributed by atoms with Gasteiger partial charge < -0.3 is 14.7 Å². The molecule has 0 amide bonds. The van der Waals surface area contributed by atoms with E-state index in [0.717, 1.165) is 11.1 Å². The van der Waals surface area contributed by atoms with E-state index in [-0.39, 0.29) is 18.5 Å². The van der Waals surface area contributed by atoms with Gasteiger partial charge in [-0.3, -0.25) is 4.90 Å². The molecule has 0 aliphatic carbocycles. The number of halogens is 2. The zero-order chi connectivity index (χ0) is 23.8. The maximum Gasteiger partial charge on any atom is 0.145 e. The Balaban J connectivity index is 1.35. The highest BCUT2D eigenvalue weighted by Crippen LogP contribution is 2.21. The van der Waals surface area contributed by atoms with Crippen molar-refractivity contribution in [2.75, 3.05) is 19.7 Å². The molecule has 3 aromatic rings. The molecule has 1 N–H and O–H groups in total. The van der Waals surface area contributed by atoms with Gasteiger partial charge in [0.15, 0.2) is 0 Å². The standard InChI is InChI=1S/C27H28ClFN2O3/c28-22-10-6-9-21(13-22)15-31(16-23(32)19-33-18-20-7-2-1-3-8-20)17-24-14-27(30-34-24)25-11-4-5-12-26(25)29/h1-13,23-24,32H,14-19H2/t23-,24-/m1/s1. The second-order valence-corrected chi connectivity index (χ2v) is 8.86. The molecular formula is C27H28ClFN2O3. The van der Waals surface area contributed by atoms with Crippen LogP contribution in [0.2, 0.25) is 5.02 Å². The minimum Gasteiger partial charge on any atom is -0.390 e. The maximum absolute atomic E-state index is 14.2. The van der Waals surface area contributed by atoms with Gasteiger partial charge >= 0.3 is 0 Å². The van der Waals surface area contributed by atoms with E-state index in [9.17, 15) is 9.50 Å². The molecule has 0 aromatic heterocycles. The van der Waals surface area contributed by atoms with Crippen LogP contribution in [0.25, 0.3) is 0 Å². The molecule has 1 aliphatic heterocycles. The van der Waals surface area contributed by atoms with Crippen LogP contribution >= 0.6 is 11.6 Å². The highest BCUT2D eigenvalue weighted by Gasteiger charge is 2.27. The van der Waals surface area contributed by atoms with Crippen LogP contribution in [-0.4, -0.2) is 47.6 Å². The number of oxime groups is 1. The summed E-state index contributed by atoms with van der Waals surface area (Å²) in [6.07, 6.45) is -0.435. The van der Waals surface area contributed by atoms with E-state index in [4.69, 9.17) is 21.2 Å². The molecule has 178 valence electrons. The largest absolute Gasteiger partial charge is 0.390 e. The summed E-state index contributed by atoms with van der Waals surface area (Å²) in [7, 11) is 0. The van der Waals surface area contributed by atoms with Crippen LogP contribution in [0.5, 0.6) is 0 Å². The van der Waals surface area contributed by atoms with Gasteiger partial charge in [-0.1, -0.05) is 77.4 Å². The summed E-state index contributed by atoms with van der Waals surface area (Å²) in [6.45, 7) is 2.13. The van der Waals surface area contributed by atoms with E-state index >= 15 is 0 Å². The fourth-order valence-corrected chi connectivity index (χ4v) is 4.22. The minimum atomic E-state index is -0.684. The van der Waals surface area contributed by atoms with Crippen molar-refractivity contribution in [3.05, 3.63) is 106 Å². The Morgan fingerprint density at radius 2 is 1.82 bits per heavy atom. The van der Waals surface area contributed by atoms with Crippen molar-refractivity contribution < 1.29 is 19.1 Å². The number of benzene rings is 3. The molecular weight excluding hydrogens is 455 g/mol. The van der Waals surface area contributed by atoms with Gasteiger partial charge in [0.2, 0.25) is 0 Å². The third kappa shape index (κ3) is 7.11. The summed E-state index contributed by atoms with van der Waals surface area (Å²) in [6, 6.07) is 24.0. The Hall–Kier alpha value is -2.77. The first-order valence-corrected chi connectivity index (χ1v) is 11.7. The van der Waals surface area contributed by atoms with Crippen LogP contribution in [0.1, 0.15) is 23.1 Å². The van der Waals surface area contributed by atoms with Crippen LogP contribution in [0.4, 0.5) is 4.39 Å². The van der Waals surface area contributed by atoms with Crippen molar-refractivity contribution in [1.82, 2.24) is 4.90 Å². The number of aliphatic hydroxyl groups excluding tert-OH is 1. The lowest BCUT2D eigenvalue weighted by atomic mass is 10.0. The maximum atomic E-state index is 14.2. The Labute approximate surface area is 204 Å². The van der Waals surface area contributed by atoms with Crippen molar-refractivity contribution in [2.45, 2.75) is 31.8 Å². The van der Waals surface area contributed by atoms with Gasteiger partial charge in [-0.25, -0.2) is 4.39 Å². The van der Waals surface area contributed by atoms with Crippen LogP contribution < -0.4 is 0 Å². The van der Waals surface area contributed by atoms with Crippen LogP contribution in [-0.2, 0) is 22.7 Å². The Kier molecular flexibility index (Phi) is 8.66. The topological polar surface area (TPSA) is 54.3 Å². The van der Waals surface area contributed by atoms with Gasteiger partial charge in [0.1, 0.15) is 11.9 Å². The average molecular weight is 483 g/mol. The summed E-state index contributed by atoms with van der Waals surface area (Å²) in [5.41, 5.74) is 3.14. The van der Waals surface area contributed by atoms with Gasteiger partial charge in [-0.05, 0) is 29.3 Å². The predicted octanol–water partition coefficient (Wildman–Crippen LogP) is 5.05. The van der Waals surface area contributed by atoms with Crippen molar-refractivity contribution in [3.8, 4) is 0 Å². The Morgan fingerprint density at radius 1 is 1.06 bits per heavy atom. The molecule has 0 saturated heterocycles. The van der Waals surface area contributed by atoms with E-state index in [0.29, 0.717) is 49.0 Å². The van der Waals surface area contributed by atoms with Crippen LogP contribution in [0, 0.1) is 5.82 Å². The normalized spacial score (nSPS) is 16.4. The molecule has 3 aromatic carbocycles. The number of hydrogen-bond donors (Lipinski definition) is 1. The second-order valence-electron chi connectivity index (χ2n) is 8.43. The number of nitrogens with zero attached hydrogens (tertiary/aromatic N) is 2. The Morgan fingerprint density at radius 3 is 2.62 bits per heavy atom. The van der Waals surface area contributed by atoms with Gasteiger partial charge in [0.05, 0.1) is 25.0 Å². The molecule has 34 heavy (non-hydrogen) atoms. The molecule has 7 heteroatoms. The van der Waals surface area contributed by atoms with Crippen molar-refractivity contribution in [2.24, 2.45) is 5.16 Å². The monoisotopic (exact) mass is 482 g/mol. The lowest BCUT2D eigenvalue weighted by Crippen LogP contribution is -2.39.